The number of imidazole rings is 1. The lowest BCUT2D eigenvalue weighted by Gasteiger charge is -2.19. The maximum atomic E-state index is 11.8. The van der Waals surface area contributed by atoms with Gasteiger partial charge in [-0.2, -0.15) is 0 Å². The number of amides is 1. The summed E-state index contributed by atoms with van der Waals surface area (Å²) in [5, 5.41) is 4.83. The zero-order valence-corrected chi connectivity index (χ0v) is 18.3. The van der Waals surface area contributed by atoms with E-state index >= 15 is 0 Å². The fourth-order valence-corrected chi connectivity index (χ4v) is 3.81. The Hall–Kier alpha value is -1.80. The van der Waals surface area contributed by atoms with Crippen molar-refractivity contribution < 1.29 is 9.53 Å². The number of thioether (sulfide) groups is 1. The van der Waals surface area contributed by atoms with Gasteiger partial charge in [-0.15, -0.1) is 0 Å². The molecule has 0 saturated heterocycles. The second-order valence-corrected chi connectivity index (χ2v) is 8.87. The van der Waals surface area contributed by atoms with Crippen LogP contribution in [0.4, 0.5) is 4.79 Å². The number of hydrogen-bond donors (Lipinski definition) is 1. The van der Waals surface area contributed by atoms with Gasteiger partial charge < -0.3 is 14.6 Å². The Morgan fingerprint density at radius 2 is 2.11 bits per heavy atom. The Balaban J connectivity index is 1.80. The van der Waals surface area contributed by atoms with Crippen molar-refractivity contribution in [3.8, 4) is 0 Å². The molecule has 0 radical (unpaired) electrons. The number of aryl methyl sites for hydroxylation is 1. The van der Waals surface area contributed by atoms with Crippen LogP contribution in [0.1, 0.15) is 27.2 Å². The minimum Gasteiger partial charge on any atom is -0.444 e. The molecule has 0 fully saturated rings. The fraction of sp³-hybridized carbons (Fsp3) is 0.421. The van der Waals surface area contributed by atoms with Crippen LogP contribution in [0.3, 0.4) is 0 Å². The number of carbonyl (C=O) groups is 1. The number of pyridine rings is 1. The summed E-state index contributed by atoms with van der Waals surface area (Å²) in [6.45, 7) is 6.85. The Labute approximate surface area is 171 Å². The maximum absolute atomic E-state index is 11.8. The zero-order chi connectivity index (χ0) is 19.6. The van der Waals surface area contributed by atoms with E-state index in [1.165, 1.54) is 0 Å². The third-order valence-corrected chi connectivity index (χ3v) is 5.08. The minimum absolute atomic E-state index is 0.387. The molecule has 0 aliphatic heterocycles. The van der Waals surface area contributed by atoms with Gasteiger partial charge in [-0.05, 0) is 51.6 Å². The Morgan fingerprint density at radius 1 is 1.33 bits per heavy atom. The first-order chi connectivity index (χ1) is 12.8. The summed E-state index contributed by atoms with van der Waals surface area (Å²) in [5.74, 6) is 0. The van der Waals surface area contributed by atoms with Gasteiger partial charge in [0.05, 0.1) is 17.2 Å². The SMILES string of the molecule is CSc1nc2cnc3cc(Br)ccc3c2n1CCCNC(=O)OC(C)(C)C. The predicted molar refractivity (Wildman–Crippen MR) is 113 cm³/mol. The van der Waals surface area contributed by atoms with Gasteiger partial charge in [0, 0.05) is 22.9 Å². The Morgan fingerprint density at radius 3 is 2.81 bits per heavy atom. The normalized spacial score (nSPS) is 11.9. The molecule has 0 spiro atoms. The van der Waals surface area contributed by atoms with E-state index in [9.17, 15) is 4.79 Å². The monoisotopic (exact) mass is 450 g/mol. The number of nitrogens with one attached hydrogen (secondary N) is 1. The van der Waals surface area contributed by atoms with Gasteiger partial charge in [-0.1, -0.05) is 27.7 Å². The highest BCUT2D eigenvalue weighted by molar-refractivity contribution is 9.10. The van der Waals surface area contributed by atoms with Crippen LogP contribution in [-0.2, 0) is 11.3 Å². The molecule has 1 N–H and O–H groups in total. The summed E-state index contributed by atoms with van der Waals surface area (Å²) in [6.07, 6.45) is 4.23. The fourth-order valence-electron chi connectivity index (χ4n) is 2.87. The average Bonchev–Trinajstić information content (AvgIpc) is 2.95. The smallest absolute Gasteiger partial charge is 0.407 e. The average molecular weight is 451 g/mol. The largest absolute Gasteiger partial charge is 0.444 e. The van der Waals surface area contributed by atoms with Crippen molar-refractivity contribution in [1.82, 2.24) is 19.9 Å². The van der Waals surface area contributed by atoms with Gasteiger partial charge in [-0.25, -0.2) is 9.78 Å². The third kappa shape index (κ3) is 4.73. The number of hydrogen-bond acceptors (Lipinski definition) is 5. The van der Waals surface area contributed by atoms with Crippen LogP contribution in [0.25, 0.3) is 21.9 Å². The van der Waals surface area contributed by atoms with Crippen molar-refractivity contribution in [3.63, 3.8) is 0 Å². The van der Waals surface area contributed by atoms with E-state index in [4.69, 9.17) is 9.72 Å². The Kier molecular flexibility index (Phi) is 5.95. The van der Waals surface area contributed by atoms with Crippen molar-refractivity contribution in [2.75, 3.05) is 12.8 Å². The molecule has 2 heterocycles. The lowest BCUT2D eigenvalue weighted by molar-refractivity contribution is 0.0526. The summed E-state index contributed by atoms with van der Waals surface area (Å²) in [6, 6.07) is 6.09. The molecule has 8 heteroatoms. The van der Waals surface area contributed by atoms with Crippen LogP contribution in [-0.4, -0.2) is 39.0 Å². The zero-order valence-electron chi connectivity index (χ0n) is 15.9. The molecule has 3 rings (SSSR count). The molecule has 1 aromatic carbocycles. The molecule has 3 aromatic rings. The highest BCUT2D eigenvalue weighted by Crippen LogP contribution is 2.29. The first kappa shape index (κ1) is 19.9. The molecule has 0 unspecified atom stereocenters. The van der Waals surface area contributed by atoms with E-state index in [0.29, 0.717) is 6.54 Å². The number of ether oxygens (including phenoxy) is 1. The molecule has 1 amide bonds. The molecule has 27 heavy (non-hydrogen) atoms. The summed E-state index contributed by atoms with van der Waals surface area (Å²) in [7, 11) is 0. The number of aromatic nitrogens is 3. The summed E-state index contributed by atoms with van der Waals surface area (Å²) in [4.78, 5) is 21.0. The highest BCUT2D eigenvalue weighted by atomic mass is 79.9. The van der Waals surface area contributed by atoms with Crippen molar-refractivity contribution >= 4 is 55.7 Å². The molecule has 144 valence electrons. The highest BCUT2D eigenvalue weighted by Gasteiger charge is 2.16. The van der Waals surface area contributed by atoms with E-state index in [0.717, 1.165) is 44.5 Å². The topological polar surface area (TPSA) is 69.0 Å². The molecule has 2 aromatic heterocycles. The standard InChI is InChI=1S/C19H23BrN4O2S/c1-19(2,3)26-18(25)21-8-5-9-24-16-13-7-6-12(20)10-14(13)22-11-15(16)23-17(24)27-4/h6-7,10-11H,5,8-9H2,1-4H3,(H,21,25). The van der Waals surface area contributed by atoms with E-state index < -0.39 is 5.60 Å². The van der Waals surface area contributed by atoms with Crippen LogP contribution in [0, 0.1) is 0 Å². The second-order valence-electron chi connectivity index (χ2n) is 7.19. The summed E-state index contributed by atoms with van der Waals surface area (Å²) >= 11 is 5.11. The maximum Gasteiger partial charge on any atom is 0.407 e. The lowest BCUT2D eigenvalue weighted by Crippen LogP contribution is -2.33. The van der Waals surface area contributed by atoms with Gasteiger partial charge in [0.1, 0.15) is 11.1 Å². The predicted octanol–water partition coefficient (Wildman–Crippen LogP) is 4.98. The quantitative estimate of drug-likeness (QED) is 0.438. The van der Waals surface area contributed by atoms with E-state index in [2.05, 4.69) is 36.9 Å². The molecular formula is C19H23BrN4O2S. The number of nitrogens with zero attached hydrogens (tertiary/aromatic N) is 3. The van der Waals surface area contributed by atoms with E-state index in [-0.39, 0.29) is 6.09 Å². The van der Waals surface area contributed by atoms with E-state index in [1.807, 2.05) is 45.4 Å². The molecule has 0 bridgehead atoms. The van der Waals surface area contributed by atoms with Crippen molar-refractivity contribution in [2.24, 2.45) is 0 Å². The minimum atomic E-state index is -0.489. The lowest BCUT2D eigenvalue weighted by atomic mass is 10.2. The number of halogens is 1. The van der Waals surface area contributed by atoms with E-state index in [1.54, 1.807) is 11.8 Å². The van der Waals surface area contributed by atoms with Crippen LogP contribution in [0.5, 0.6) is 0 Å². The number of fused-ring (bicyclic) bond motifs is 3. The first-order valence-corrected chi connectivity index (χ1v) is 10.8. The van der Waals surface area contributed by atoms with Crippen LogP contribution in [0.2, 0.25) is 0 Å². The molecule has 0 aliphatic carbocycles. The van der Waals surface area contributed by atoms with Crippen LogP contribution in [0.15, 0.2) is 34.0 Å². The number of alkyl carbamates (subject to hydrolysis) is 1. The molecule has 0 aliphatic rings. The number of benzene rings is 1. The molecule has 6 nitrogen and oxygen atoms in total. The van der Waals surface area contributed by atoms with Crippen molar-refractivity contribution in [2.45, 2.75) is 44.5 Å². The van der Waals surface area contributed by atoms with Crippen LogP contribution >= 0.6 is 27.7 Å². The third-order valence-electron chi connectivity index (χ3n) is 3.91. The molecule has 0 atom stereocenters. The van der Waals surface area contributed by atoms with Gasteiger partial charge in [0.2, 0.25) is 0 Å². The van der Waals surface area contributed by atoms with Crippen molar-refractivity contribution in [3.05, 3.63) is 28.9 Å². The summed E-state index contributed by atoms with van der Waals surface area (Å²) < 4.78 is 8.48. The first-order valence-electron chi connectivity index (χ1n) is 8.74. The second kappa shape index (κ2) is 8.06. The van der Waals surface area contributed by atoms with Gasteiger partial charge in [0.15, 0.2) is 5.16 Å². The van der Waals surface area contributed by atoms with Crippen molar-refractivity contribution in [1.29, 1.82) is 0 Å². The van der Waals surface area contributed by atoms with Crippen LogP contribution < -0.4 is 5.32 Å². The van der Waals surface area contributed by atoms with Gasteiger partial charge >= 0.3 is 6.09 Å². The molecule has 0 saturated carbocycles. The summed E-state index contributed by atoms with van der Waals surface area (Å²) in [5.41, 5.74) is 2.40. The molecular weight excluding hydrogens is 428 g/mol. The number of rotatable bonds is 5. The van der Waals surface area contributed by atoms with Gasteiger partial charge in [-0.3, -0.25) is 4.98 Å². The Bertz CT molecular complexity index is 981. The van der Waals surface area contributed by atoms with Gasteiger partial charge in [0.25, 0.3) is 0 Å². The number of carbonyl (C=O) groups excluding carboxylic acids is 1.